The van der Waals surface area contributed by atoms with E-state index in [1.54, 1.807) is 0 Å². The van der Waals surface area contributed by atoms with Gasteiger partial charge in [-0.05, 0) is 18.9 Å². The van der Waals surface area contributed by atoms with Crippen LogP contribution in [0.25, 0.3) is 0 Å². The molecule has 0 unspecified atom stereocenters. The molecule has 104 valence electrons. The molecule has 1 saturated carbocycles. The molecular weight excluding hydrogens is 260 g/mol. The molecule has 0 bridgehead atoms. The fourth-order valence-corrected chi connectivity index (χ4v) is 1.95. The van der Waals surface area contributed by atoms with Crippen molar-refractivity contribution in [3.05, 3.63) is 29.6 Å². The lowest BCUT2D eigenvalue weighted by Gasteiger charge is -2.05. The Hall–Kier alpha value is -2.51. The molecule has 0 amide bonds. The van der Waals surface area contributed by atoms with Gasteiger partial charge in [0, 0.05) is 19.2 Å². The van der Waals surface area contributed by atoms with E-state index in [-0.39, 0.29) is 11.6 Å². The maximum absolute atomic E-state index is 10.8. The van der Waals surface area contributed by atoms with Crippen molar-refractivity contribution in [1.29, 1.82) is 0 Å². The third kappa shape index (κ3) is 2.44. The summed E-state index contributed by atoms with van der Waals surface area (Å²) in [7, 11) is 1.93. The van der Waals surface area contributed by atoms with Crippen LogP contribution >= 0.6 is 0 Å². The van der Waals surface area contributed by atoms with Gasteiger partial charge in [-0.1, -0.05) is 0 Å². The standard InChI is InChI=1S/C12H14N6O2/c1-18-9(16-17-10(18)7-2-3-7)6-14-12-13-5-4-8(15-12)11(19)20/h4-5,7H,2-3,6H2,1H3,(H,19,20)(H,13,14,15). The van der Waals surface area contributed by atoms with Crippen molar-refractivity contribution in [2.45, 2.75) is 25.3 Å². The summed E-state index contributed by atoms with van der Waals surface area (Å²) in [5.41, 5.74) is -0.0425. The number of carbonyl (C=O) groups is 1. The van der Waals surface area contributed by atoms with Crippen LogP contribution in [0, 0.1) is 0 Å². The minimum atomic E-state index is -1.08. The third-order valence-electron chi connectivity index (χ3n) is 3.22. The van der Waals surface area contributed by atoms with E-state index < -0.39 is 5.97 Å². The first-order valence-corrected chi connectivity index (χ1v) is 6.33. The van der Waals surface area contributed by atoms with Crippen LogP contribution in [0.1, 0.15) is 40.9 Å². The van der Waals surface area contributed by atoms with Gasteiger partial charge >= 0.3 is 5.97 Å². The number of hydrogen-bond acceptors (Lipinski definition) is 6. The van der Waals surface area contributed by atoms with Gasteiger partial charge in [-0.2, -0.15) is 0 Å². The van der Waals surface area contributed by atoms with Crippen LogP contribution in [0.2, 0.25) is 0 Å². The average molecular weight is 274 g/mol. The number of rotatable bonds is 5. The van der Waals surface area contributed by atoms with E-state index in [2.05, 4.69) is 25.5 Å². The Bertz CT molecular complexity index is 649. The van der Waals surface area contributed by atoms with Crippen molar-refractivity contribution in [1.82, 2.24) is 24.7 Å². The lowest BCUT2D eigenvalue weighted by Crippen LogP contribution is -2.11. The lowest BCUT2D eigenvalue weighted by atomic mass is 10.4. The summed E-state index contributed by atoms with van der Waals surface area (Å²) in [5.74, 6) is 1.50. The maximum atomic E-state index is 10.8. The number of nitrogens with one attached hydrogen (secondary N) is 1. The van der Waals surface area contributed by atoms with E-state index in [0.717, 1.165) is 11.6 Å². The molecule has 3 rings (SSSR count). The summed E-state index contributed by atoms with van der Waals surface area (Å²) in [6.07, 6.45) is 3.75. The molecule has 0 atom stereocenters. The number of aromatic nitrogens is 5. The summed E-state index contributed by atoms with van der Waals surface area (Å²) in [5, 5.41) is 20.1. The molecule has 0 radical (unpaired) electrons. The van der Waals surface area contributed by atoms with E-state index >= 15 is 0 Å². The predicted octanol–water partition coefficient (Wildman–Crippen LogP) is 0.793. The molecule has 1 aliphatic rings. The van der Waals surface area contributed by atoms with Crippen molar-refractivity contribution < 1.29 is 9.90 Å². The molecule has 2 N–H and O–H groups in total. The van der Waals surface area contributed by atoms with Crippen LogP contribution in [0.3, 0.4) is 0 Å². The Kier molecular flexibility index (Phi) is 3.05. The van der Waals surface area contributed by atoms with Crippen molar-refractivity contribution in [2.24, 2.45) is 7.05 Å². The van der Waals surface area contributed by atoms with Crippen molar-refractivity contribution in [3.8, 4) is 0 Å². The summed E-state index contributed by atoms with van der Waals surface area (Å²) < 4.78 is 1.96. The molecule has 2 heterocycles. The number of carboxylic acid groups (broad SMARTS) is 1. The van der Waals surface area contributed by atoms with Gasteiger partial charge in [-0.25, -0.2) is 14.8 Å². The smallest absolute Gasteiger partial charge is 0.354 e. The normalized spacial score (nSPS) is 14.2. The monoisotopic (exact) mass is 274 g/mol. The molecule has 0 aliphatic heterocycles. The highest BCUT2D eigenvalue weighted by Crippen LogP contribution is 2.38. The predicted molar refractivity (Wildman–Crippen MR) is 69.3 cm³/mol. The topological polar surface area (TPSA) is 106 Å². The minimum Gasteiger partial charge on any atom is -0.477 e. The Morgan fingerprint density at radius 2 is 2.30 bits per heavy atom. The first-order chi connectivity index (χ1) is 9.65. The number of carboxylic acids is 1. The highest BCUT2D eigenvalue weighted by atomic mass is 16.4. The van der Waals surface area contributed by atoms with Crippen molar-refractivity contribution in [2.75, 3.05) is 5.32 Å². The van der Waals surface area contributed by atoms with Crippen LogP contribution in [-0.2, 0) is 13.6 Å². The van der Waals surface area contributed by atoms with Gasteiger partial charge in [-0.3, -0.25) is 0 Å². The van der Waals surface area contributed by atoms with Crippen LogP contribution in [0.4, 0.5) is 5.95 Å². The van der Waals surface area contributed by atoms with Crippen molar-refractivity contribution >= 4 is 11.9 Å². The van der Waals surface area contributed by atoms with E-state index in [0.29, 0.717) is 12.5 Å². The maximum Gasteiger partial charge on any atom is 0.354 e. The fourth-order valence-electron chi connectivity index (χ4n) is 1.95. The summed E-state index contributed by atoms with van der Waals surface area (Å²) >= 11 is 0. The zero-order chi connectivity index (χ0) is 14.1. The minimum absolute atomic E-state index is 0.0425. The molecule has 1 fully saturated rings. The van der Waals surface area contributed by atoms with E-state index in [4.69, 9.17) is 5.11 Å². The van der Waals surface area contributed by atoms with Gasteiger partial charge in [0.2, 0.25) is 5.95 Å². The largest absolute Gasteiger partial charge is 0.477 e. The molecule has 2 aromatic heterocycles. The highest BCUT2D eigenvalue weighted by Gasteiger charge is 2.29. The van der Waals surface area contributed by atoms with Crippen LogP contribution < -0.4 is 5.32 Å². The molecule has 0 spiro atoms. The first kappa shape index (κ1) is 12.5. The van der Waals surface area contributed by atoms with E-state index in [9.17, 15) is 4.79 Å². The number of aromatic carboxylic acids is 1. The Balaban J connectivity index is 1.70. The Labute approximate surface area is 114 Å². The Morgan fingerprint density at radius 3 is 3.00 bits per heavy atom. The number of hydrogen-bond donors (Lipinski definition) is 2. The van der Waals surface area contributed by atoms with Gasteiger partial charge in [-0.15, -0.1) is 10.2 Å². The quantitative estimate of drug-likeness (QED) is 0.830. The van der Waals surface area contributed by atoms with Crippen molar-refractivity contribution in [3.63, 3.8) is 0 Å². The molecule has 2 aromatic rings. The highest BCUT2D eigenvalue weighted by molar-refractivity contribution is 5.85. The fraction of sp³-hybridized carbons (Fsp3) is 0.417. The summed E-state index contributed by atoms with van der Waals surface area (Å²) in [6, 6.07) is 1.35. The van der Waals surface area contributed by atoms with Gasteiger partial charge in [0.1, 0.15) is 5.82 Å². The molecule has 0 saturated heterocycles. The molecule has 20 heavy (non-hydrogen) atoms. The molecule has 8 nitrogen and oxygen atoms in total. The molecular formula is C12H14N6O2. The number of anilines is 1. The van der Waals surface area contributed by atoms with Crippen LogP contribution in [-0.4, -0.2) is 35.8 Å². The second-order valence-corrected chi connectivity index (χ2v) is 4.73. The lowest BCUT2D eigenvalue weighted by molar-refractivity contribution is 0.0690. The SMILES string of the molecule is Cn1c(CNc2nccc(C(=O)O)n2)nnc1C1CC1. The second-order valence-electron chi connectivity index (χ2n) is 4.73. The third-order valence-corrected chi connectivity index (χ3v) is 3.22. The second kappa shape index (κ2) is 4.87. The van der Waals surface area contributed by atoms with E-state index in [1.165, 1.54) is 25.1 Å². The number of nitrogens with zero attached hydrogens (tertiary/aromatic N) is 5. The average Bonchev–Trinajstić information content (AvgIpc) is 3.21. The molecule has 8 heteroatoms. The van der Waals surface area contributed by atoms with Gasteiger partial charge in [0.15, 0.2) is 11.5 Å². The van der Waals surface area contributed by atoms with Gasteiger partial charge < -0.3 is 15.0 Å². The molecule has 0 aromatic carbocycles. The van der Waals surface area contributed by atoms with Gasteiger partial charge in [0.05, 0.1) is 6.54 Å². The first-order valence-electron chi connectivity index (χ1n) is 6.33. The van der Waals surface area contributed by atoms with Crippen LogP contribution in [0.5, 0.6) is 0 Å². The van der Waals surface area contributed by atoms with Crippen LogP contribution in [0.15, 0.2) is 12.3 Å². The zero-order valence-electron chi connectivity index (χ0n) is 10.9. The van der Waals surface area contributed by atoms with E-state index in [1.807, 2.05) is 11.6 Å². The molecule has 1 aliphatic carbocycles. The van der Waals surface area contributed by atoms with Gasteiger partial charge in [0.25, 0.3) is 0 Å². The summed E-state index contributed by atoms with van der Waals surface area (Å²) in [6.45, 7) is 0.402. The summed E-state index contributed by atoms with van der Waals surface area (Å²) in [4.78, 5) is 18.7. The Morgan fingerprint density at radius 1 is 1.50 bits per heavy atom. The zero-order valence-corrected chi connectivity index (χ0v) is 10.9.